The van der Waals surface area contributed by atoms with E-state index in [9.17, 15) is 17.6 Å². The van der Waals surface area contributed by atoms with Crippen molar-refractivity contribution >= 4 is 33.0 Å². The number of amides is 1. The van der Waals surface area contributed by atoms with Crippen LogP contribution in [0, 0.1) is 12.7 Å². The summed E-state index contributed by atoms with van der Waals surface area (Å²) in [6.07, 6.45) is 0. The highest BCUT2D eigenvalue weighted by atomic mass is 35.5. The Morgan fingerprint density at radius 1 is 1.11 bits per heavy atom. The second kappa shape index (κ2) is 7.13. The van der Waals surface area contributed by atoms with Gasteiger partial charge < -0.3 is 4.90 Å². The predicted molar refractivity (Wildman–Crippen MR) is 107 cm³/mol. The van der Waals surface area contributed by atoms with Gasteiger partial charge in [-0.25, -0.2) is 12.8 Å². The first-order valence-corrected chi connectivity index (χ1v) is 11.2. The van der Waals surface area contributed by atoms with Crippen molar-refractivity contribution in [3.05, 3.63) is 64.4 Å². The molecule has 2 heterocycles. The van der Waals surface area contributed by atoms with Gasteiger partial charge in [0.25, 0.3) is 0 Å². The van der Waals surface area contributed by atoms with Gasteiger partial charge >= 0.3 is 0 Å². The number of nitrogens with zero attached hydrogens (tertiary/aromatic N) is 2. The third-order valence-electron chi connectivity index (χ3n) is 5.43. The summed E-state index contributed by atoms with van der Waals surface area (Å²) in [5.41, 5.74) is 2.35. The van der Waals surface area contributed by atoms with Gasteiger partial charge in [0.05, 0.1) is 24.1 Å². The van der Waals surface area contributed by atoms with E-state index in [2.05, 4.69) is 0 Å². The third kappa shape index (κ3) is 3.66. The van der Waals surface area contributed by atoms with Crippen molar-refractivity contribution in [2.45, 2.75) is 25.6 Å². The van der Waals surface area contributed by atoms with E-state index in [0.717, 1.165) is 11.1 Å². The molecule has 2 aromatic rings. The molecule has 148 valence electrons. The lowest BCUT2D eigenvalue weighted by atomic mass is 10.0. The predicted octanol–water partition coefficient (Wildman–Crippen LogP) is 2.80. The molecule has 8 heteroatoms. The molecule has 0 bridgehead atoms. The fourth-order valence-electron chi connectivity index (χ4n) is 4.02. The summed E-state index contributed by atoms with van der Waals surface area (Å²) >= 11 is 6.23. The van der Waals surface area contributed by atoms with Gasteiger partial charge in [0.1, 0.15) is 5.82 Å². The SMILES string of the molecule is Cc1ccc(N2C(=O)CN(Cc3ccc(F)cc3)C3CS(=O)(=O)CC32)cc1Cl. The number of carbonyl (C=O) groups excluding carboxylic acids is 1. The largest absolute Gasteiger partial charge is 0.306 e. The highest BCUT2D eigenvalue weighted by Crippen LogP contribution is 2.34. The van der Waals surface area contributed by atoms with Crippen molar-refractivity contribution < 1.29 is 17.6 Å². The highest BCUT2D eigenvalue weighted by Gasteiger charge is 2.49. The zero-order valence-electron chi connectivity index (χ0n) is 15.3. The van der Waals surface area contributed by atoms with E-state index in [-0.39, 0.29) is 35.8 Å². The molecule has 0 aliphatic carbocycles. The van der Waals surface area contributed by atoms with Crippen LogP contribution in [0.3, 0.4) is 0 Å². The van der Waals surface area contributed by atoms with Gasteiger partial charge in [-0.1, -0.05) is 29.8 Å². The molecule has 2 aliphatic rings. The second-order valence-corrected chi connectivity index (χ2v) is 10.0. The second-order valence-electron chi connectivity index (χ2n) is 7.44. The van der Waals surface area contributed by atoms with Gasteiger partial charge in [-0.2, -0.15) is 0 Å². The first-order chi connectivity index (χ1) is 13.2. The third-order valence-corrected chi connectivity index (χ3v) is 7.54. The van der Waals surface area contributed by atoms with Crippen LogP contribution < -0.4 is 4.90 Å². The van der Waals surface area contributed by atoms with E-state index < -0.39 is 15.9 Å². The molecule has 1 amide bonds. The number of rotatable bonds is 3. The number of piperazine rings is 1. The maximum Gasteiger partial charge on any atom is 0.241 e. The Morgan fingerprint density at radius 3 is 2.46 bits per heavy atom. The smallest absolute Gasteiger partial charge is 0.241 e. The first kappa shape index (κ1) is 19.4. The number of hydrogen-bond acceptors (Lipinski definition) is 4. The summed E-state index contributed by atoms with van der Waals surface area (Å²) in [6, 6.07) is 10.6. The van der Waals surface area contributed by atoms with E-state index >= 15 is 0 Å². The maximum absolute atomic E-state index is 13.2. The van der Waals surface area contributed by atoms with Crippen LogP contribution in [0.2, 0.25) is 5.02 Å². The molecule has 0 N–H and O–H groups in total. The lowest BCUT2D eigenvalue weighted by molar-refractivity contribution is -0.123. The molecule has 2 saturated heterocycles. The molecule has 4 rings (SSSR count). The fraction of sp³-hybridized carbons (Fsp3) is 0.350. The number of aryl methyl sites for hydroxylation is 1. The van der Waals surface area contributed by atoms with Gasteiger partial charge in [0.15, 0.2) is 9.84 Å². The zero-order valence-corrected chi connectivity index (χ0v) is 16.9. The van der Waals surface area contributed by atoms with E-state index in [1.54, 1.807) is 29.2 Å². The summed E-state index contributed by atoms with van der Waals surface area (Å²) in [6.45, 7) is 2.36. The van der Waals surface area contributed by atoms with Gasteiger partial charge in [0, 0.05) is 23.3 Å². The Kier molecular flexibility index (Phi) is 4.93. The summed E-state index contributed by atoms with van der Waals surface area (Å²) < 4.78 is 38.0. The number of halogens is 2. The van der Waals surface area contributed by atoms with Gasteiger partial charge in [-0.15, -0.1) is 0 Å². The van der Waals surface area contributed by atoms with E-state index in [1.165, 1.54) is 12.1 Å². The monoisotopic (exact) mass is 422 g/mol. The molecule has 0 radical (unpaired) electrons. The lowest BCUT2D eigenvalue weighted by Gasteiger charge is -2.43. The van der Waals surface area contributed by atoms with Crippen LogP contribution in [0.15, 0.2) is 42.5 Å². The molecular weight excluding hydrogens is 403 g/mol. The van der Waals surface area contributed by atoms with Gasteiger partial charge in [-0.05, 0) is 42.3 Å². The average molecular weight is 423 g/mol. The average Bonchev–Trinajstić information content (AvgIpc) is 2.95. The van der Waals surface area contributed by atoms with Gasteiger partial charge in [-0.3, -0.25) is 9.69 Å². The summed E-state index contributed by atoms with van der Waals surface area (Å²) in [7, 11) is -3.27. The van der Waals surface area contributed by atoms with Crippen molar-refractivity contribution in [1.82, 2.24) is 4.90 Å². The molecule has 2 aromatic carbocycles. The van der Waals surface area contributed by atoms with Crippen molar-refractivity contribution in [2.24, 2.45) is 0 Å². The zero-order chi connectivity index (χ0) is 20.1. The minimum atomic E-state index is -3.27. The van der Waals surface area contributed by atoms with Gasteiger partial charge in [0.2, 0.25) is 5.91 Å². The number of benzene rings is 2. The highest BCUT2D eigenvalue weighted by molar-refractivity contribution is 7.91. The molecule has 28 heavy (non-hydrogen) atoms. The summed E-state index contributed by atoms with van der Waals surface area (Å²) in [5, 5.41) is 0.538. The topological polar surface area (TPSA) is 57.7 Å². The van der Waals surface area contributed by atoms with Crippen molar-refractivity contribution in [3.8, 4) is 0 Å². The number of hydrogen-bond donors (Lipinski definition) is 0. The normalized spacial score (nSPS) is 24.4. The number of anilines is 1. The minimum absolute atomic E-state index is 0.00222. The van der Waals surface area contributed by atoms with E-state index in [1.807, 2.05) is 17.9 Å². The van der Waals surface area contributed by atoms with E-state index in [0.29, 0.717) is 17.3 Å². The molecule has 0 spiro atoms. The molecule has 0 aromatic heterocycles. The molecule has 2 aliphatic heterocycles. The lowest BCUT2D eigenvalue weighted by Crippen LogP contribution is -2.61. The van der Waals surface area contributed by atoms with Crippen LogP contribution in [0.25, 0.3) is 0 Å². The number of carbonyl (C=O) groups is 1. The first-order valence-electron chi connectivity index (χ1n) is 9.01. The van der Waals surface area contributed by atoms with Crippen LogP contribution in [0.5, 0.6) is 0 Å². The van der Waals surface area contributed by atoms with Crippen molar-refractivity contribution in [1.29, 1.82) is 0 Å². The molecule has 5 nitrogen and oxygen atoms in total. The Morgan fingerprint density at radius 2 is 1.79 bits per heavy atom. The Bertz CT molecular complexity index is 1030. The quantitative estimate of drug-likeness (QED) is 0.763. The van der Waals surface area contributed by atoms with Crippen LogP contribution in [0.4, 0.5) is 10.1 Å². The maximum atomic E-state index is 13.2. The minimum Gasteiger partial charge on any atom is -0.306 e. The molecule has 2 unspecified atom stereocenters. The Labute approximate surface area is 168 Å². The molecule has 0 saturated carbocycles. The standard InChI is InChI=1S/C20H20ClFN2O3S/c1-13-2-7-16(8-17(13)21)24-19-12-28(26,27)11-18(19)23(10-20(24)25)9-14-3-5-15(22)6-4-14/h2-8,18-19H,9-12H2,1H3. The van der Waals surface area contributed by atoms with Crippen LogP contribution in [-0.2, 0) is 21.2 Å². The van der Waals surface area contributed by atoms with Crippen LogP contribution in [0.1, 0.15) is 11.1 Å². The Balaban J connectivity index is 1.67. The number of fused-ring (bicyclic) bond motifs is 1. The molecule has 2 atom stereocenters. The van der Waals surface area contributed by atoms with Crippen LogP contribution >= 0.6 is 11.6 Å². The molecular formula is C20H20ClFN2O3S. The summed E-state index contributed by atoms with van der Waals surface area (Å²) in [5.74, 6) is -0.570. The summed E-state index contributed by atoms with van der Waals surface area (Å²) in [4.78, 5) is 16.5. The van der Waals surface area contributed by atoms with Crippen molar-refractivity contribution in [2.75, 3.05) is 23.0 Å². The number of sulfone groups is 1. The van der Waals surface area contributed by atoms with Crippen molar-refractivity contribution in [3.63, 3.8) is 0 Å². The van der Waals surface area contributed by atoms with Crippen LogP contribution in [-0.4, -0.2) is 49.4 Å². The fourth-order valence-corrected chi connectivity index (χ4v) is 6.18. The Hall–Kier alpha value is -1.96. The molecule has 2 fully saturated rings. The van der Waals surface area contributed by atoms with E-state index in [4.69, 9.17) is 11.6 Å².